The van der Waals surface area contributed by atoms with E-state index in [2.05, 4.69) is 21.3 Å². The minimum Gasteiger partial charge on any atom is -0.453 e. The SMILES string of the molecule is COc1nc2c(CN3CCNCC3)cccc2o1. The van der Waals surface area contributed by atoms with Crippen molar-refractivity contribution in [2.45, 2.75) is 6.54 Å². The molecule has 2 heterocycles. The van der Waals surface area contributed by atoms with Crippen LogP contribution in [0.5, 0.6) is 6.08 Å². The van der Waals surface area contributed by atoms with Crippen LogP contribution in [0.15, 0.2) is 22.6 Å². The Morgan fingerprint density at radius 1 is 1.39 bits per heavy atom. The molecule has 0 bridgehead atoms. The van der Waals surface area contributed by atoms with Crippen LogP contribution in [-0.2, 0) is 6.54 Å². The van der Waals surface area contributed by atoms with Gasteiger partial charge in [0.25, 0.3) is 0 Å². The van der Waals surface area contributed by atoms with Crippen LogP contribution in [0.1, 0.15) is 5.56 Å². The lowest BCUT2D eigenvalue weighted by Gasteiger charge is -2.27. The highest BCUT2D eigenvalue weighted by Crippen LogP contribution is 2.24. The number of rotatable bonds is 3. The zero-order valence-corrected chi connectivity index (χ0v) is 10.5. The summed E-state index contributed by atoms with van der Waals surface area (Å²) in [5.74, 6) is 0. The zero-order chi connectivity index (χ0) is 12.4. The molecule has 18 heavy (non-hydrogen) atoms. The Balaban J connectivity index is 1.88. The lowest BCUT2D eigenvalue weighted by Crippen LogP contribution is -2.42. The van der Waals surface area contributed by atoms with Crippen molar-refractivity contribution in [2.24, 2.45) is 0 Å². The van der Waals surface area contributed by atoms with Crippen LogP contribution in [0.4, 0.5) is 0 Å². The number of para-hydroxylation sites is 1. The Kier molecular flexibility index (Phi) is 3.17. The molecule has 0 spiro atoms. The first-order chi connectivity index (χ1) is 8.86. The lowest BCUT2D eigenvalue weighted by atomic mass is 10.1. The van der Waals surface area contributed by atoms with Gasteiger partial charge >= 0.3 is 6.08 Å². The van der Waals surface area contributed by atoms with E-state index in [1.807, 2.05) is 12.1 Å². The highest BCUT2D eigenvalue weighted by atomic mass is 16.6. The molecule has 0 radical (unpaired) electrons. The van der Waals surface area contributed by atoms with Crippen LogP contribution in [-0.4, -0.2) is 43.2 Å². The number of fused-ring (bicyclic) bond motifs is 1. The van der Waals surface area contributed by atoms with E-state index < -0.39 is 0 Å². The molecule has 0 saturated carbocycles. The molecule has 1 aromatic heterocycles. The van der Waals surface area contributed by atoms with Gasteiger partial charge in [-0.2, -0.15) is 4.98 Å². The number of benzene rings is 1. The zero-order valence-electron chi connectivity index (χ0n) is 10.5. The van der Waals surface area contributed by atoms with Gasteiger partial charge in [0.15, 0.2) is 5.58 Å². The highest BCUT2D eigenvalue weighted by Gasteiger charge is 2.14. The molecule has 1 N–H and O–H groups in total. The van der Waals surface area contributed by atoms with Crippen LogP contribution in [0, 0.1) is 0 Å². The number of oxazole rings is 1. The summed E-state index contributed by atoms with van der Waals surface area (Å²) in [4.78, 5) is 6.79. The third-order valence-corrected chi connectivity index (χ3v) is 3.26. The van der Waals surface area contributed by atoms with Crippen LogP contribution in [0.3, 0.4) is 0 Å². The van der Waals surface area contributed by atoms with Gasteiger partial charge < -0.3 is 14.5 Å². The number of hydrogen-bond acceptors (Lipinski definition) is 5. The molecule has 96 valence electrons. The fourth-order valence-electron chi connectivity index (χ4n) is 2.31. The Morgan fingerprint density at radius 2 is 2.22 bits per heavy atom. The second-order valence-electron chi connectivity index (χ2n) is 4.47. The molecule has 0 aliphatic carbocycles. The summed E-state index contributed by atoms with van der Waals surface area (Å²) < 4.78 is 10.5. The molecule has 0 unspecified atom stereocenters. The molecule has 1 saturated heterocycles. The van der Waals surface area contributed by atoms with Gasteiger partial charge in [0.05, 0.1) is 7.11 Å². The summed E-state index contributed by atoms with van der Waals surface area (Å²) in [5.41, 5.74) is 2.90. The molecule has 5 heteroatoms. The Hall–Kier alpha value is -1.59. The van der Waals surface area contributed by atoms with Crippen LogP contribution < -0.4 is 10.1 Å². The first kappa shape index (κ1) is 11.5. The molecular weight excluding hydrogens is 230 g/mol. The van der Waals surface area contributed by atoms with E-state index in [1.165, 1.54) is 5.56 Å². The van der Waals surface area contributed by atoms with Gasteiger partial charge in [-0.25, -0.2) is 0 Å². The molecule has 0 atom stereocenters. The maximum atomic E-state index is 5.48. The fraction of sp³-hybridized carbons (Fsp3) is 0.462. The lowest BCUT2D eigenvalue weighted by molar-refractivity contribution is 0.234. The summed E-state index contributed by atoms with van der Waals surface area (Å²) >= 11 is 0. The van der Waals surface area contributed by atoms with Crippen LogP contribution >= 0.6 is 0 Å². The quantitative estimate of drug-likeness (QED) is 0.884. The number of piperazine rings is 1. The Morgan fingerprint density at radius 3 is 3.00 bits per heavy atom. The largest absolute Gasteiger partial charge is 0.453 e. The number of methoxy groups -OCH3 is 1. The van der Waals surface area contributed by atoms with E-state index in [9.17, 15) is 0 Å². The topological polar surface area (TPSA) is 50.5 Å². The molecule has 0 amide bonds. The maximum Gasteiger partial charge on any atom is 0.394 e. The molecule has 5 nitrogen and oxygen atoms in total. The van der Waals surface area contributed by atoms with Crippen molar-refractivity contribution in [3.05, 3.63) is 23.8 Å². The summed E-state index contributed by atoms with van der Waals surface area (Å²) in [5, 5.41) is 3.36. The second-order valence-corrected chi connectivity index (χ2v) is 4.47. The number of nitrogens with one attached hydrogen (secondary N) is 1. The number of hydrogen-bond donors (Lipinski definition) is 1. The third-order valence-electron chi connectivity index (χ3n) is 3.26. The molecule has 3 rings (SSSR count). The van der Waals surface area contributed by atoms with Gasteiger partial charge in [-0.05, 0) is 11.6 Å². The third kappa shape index (κ3) is 2.19. The van der Waals surface area contributed by atoms with Crippen LogP contribution in [0.2, 0.25) is 0 Å². The van der Waals surface area contributed by atoms with Gasteiger partial charge in [-0.15, -0.1) is 0 Å². The van der Waals surface area contributed by atoms with Crippen molar-refractivity contribution in [3.8, 4) is 6.08 Å². The Labute approximate surface area is 106 Å². The number of aromatic nitrogens is 1. The molecule has 1 fully saturated rings. The summed E-state index contributed by atoms with van der Waals surface area (Å²) in [6.07, 6.45) is 0.331. The molecule has 1 aliphatic rings. The van der Waals surface area contributed by atoms with E-state index >= 15 is 0 Å². The summed E-state index contributed by atoms with van der Waals surface area (Å²) in [7, 11) is 1.57. The average Bonchev–Trinajstić information content (AvgIpc) is 2.84. The predicted octanol–water partition coefficient (Wildman–Crippen LogP) is 1.24. The van der Waals surface area contributed by atoms with Crippen molar-refractivity contribution in [2.75, 3.05) is 33.3 Å². The van der Waals surface area contributed by atoms with E-state index in [0.717, 1.165) is 43.8 Å². The van der Waals surface area contributed by atoms with Crippen molar-refractivity contribution < 1.29 is 9.15 Å². The van der Waals surface area contributed by atoms with Crippen molar-refractivity contribution in [1.82, 2.24) is 15.2 Å². The number of ether oxygens (including phenoxy) is 1. The van der Waals surface area contributed by atoms with Gasteiger partial charge in [0.1, 0.15) is 5.52 Å². The standard InChI is InChI=1S/C13H17N3O2/c1-17-13-15-12-10(3-2-4-11(12)18-13)9-16-7-5-14-6-8-16/h2-4,14H,5-9H2,1H3. The Bertz CT molecular complexity index is 532. The second kappa shape index (κ2) is 4.96. The predicted molar refractivity (Wildman–Crippen MR) is 68.7 cm³/mol. The monoisotopic (exact) mass is 247 g/mol. The van der Waals surface area contributed by atoms with E-state index in [1.54, 1.807) is 7.11 Å². The van der Waals surface area contributed by atoms with Gasteiger partial charge in [-0.3, -0.25) is 4.90 Å². The minimum atomic E-state index is 0.331. The minimum absolute atomic E-state index is 0.331. The van der Waals surface area contributed by atoms with E-state index in [0.29, 0.717) is 6.08 Å². The number of nitrogens with zero attached hydrogens (tertiary/aromatic N) is 2. The maximum absolute atomic E-state index is 5.48. The van der Waals surface area contributed by atoms with Gasteiger partial charge in [0, 0.05) is 32.7 Å². The normalized spacial score (nSPS) is 17.2. The first-order valence-electron chi connectivity index (χ1n) is 6.22. The average molecular weight is 247 g/mol. The van der Waals surface area contributed by atoms with Gasteiger partial charge in [0.2, 0.25) is 0 Å². The molecule has 1 aromatic carbocycles. The van der Waals surface area contributed by atoms with Crippen molar-refractivity contribution in [1.29, 1.82) is 0 Å². The molecule has 1 aliphatic heterocycles. The van der Waals surface area contributed by atoms with Gasteiger partial charge in [-0.1, -0.05) is 12.1 Å². The van der Waals surface area contributed by atoms with Crippen molar-refractivity contribution in [3.63, 3.8) is 0 Å². The first-order valence-corrected chi connectivity index (χ1v) is 6.22. The van der Waals surface area contributed by atoms with E-state index in [4.69, 9.17) is 9.15 Å². The fourth-order valence-corrected chi connectivity index (χ4v) is 2.31. The van der Waals surface area contributed by atoms with E-state index in [-0.39, 0.29) is 0 Å². The summed E-state index contributed by atoms with van der Waals surface area (Å²) in [6.45, 7) is 5.17. The molecule has 2 aromatic rings. The van der Waals surface area contributed by atoms with Crippen LogP contribution in [0.25, 0.3) is 11.1 Å². The summed E-state index contributed by atoms with van der Waals surface area (Å²) in [6, 6.07) is 6.03. The van der Waals surface area contributed by atoms with Crippen molar-refractivity contribution >= 4 is 11.1 Å². The highest BCUT2D eigenvalue weighted by molar-refractivity contribution is 5.77. The smallest absolute Gasteiger partial charge is 0.394 e. The molecular formula is C13H17N3O2.